The number of urea groups is 1. The van der Waals surface area contributed by atoms with E-state index in [1.807, 2.05) is 20.8 Å². The van der Waals surface area contributed by atoms with Crippen molar-refractivity contribution in [2.24, 2.45) is 5.92 Å². The number of carbonyl (C=O) groups is 1. The van der Waals surface area contributed by atoms with Crippen LogP contribution in [0, 0.1) is 5.92 Å². The lowest BCUT2D eigenvalue weighted by molar-refractivity contribution is 0.0164. The van der Waals surface area contributed by atoms with Crippen LogP contribution in [0.15, 0.2) is 0 Å². The van der Waals surface area contributed by atoms with Crippen LogP contribution in [0.1, 0.15) is 34.1 Å². The van der Waals surface area contributed by atoms with Gasteiger partial charge in [-0.2, -0.15) is 0 Å². The Kier molecular flexibility index (Phi) is 4.77. The first kappa shape index (κ1) is 14.3. The van der Waals surface area contributed by atoms with Crippen molar-refractivity contribution in [1.29, 1.82) is 0 Å². The van der Waals surface area contributed by atoms with E-state index in [1.165, 1.54) is 0 Å². The fourth-order valence-corrected chi connectivity index (χ4v) is 1.60. The van der Waals surface area contributed by atoms with Crippen LogP contribution in [-0.4, -0.2) is 42.0 Å². The summed E-state index contributed by atoms with van der Waals surface area (Å²) in [5.74, 6) is 0.0940. The molecule has 0 aromatic heterocycles. The number of nitrogens with one attached hydrogen (secondary N) is 2. The lowest BCUT2D eigenvalue weighted by Crippen LogP contribution is -2.50. The van der Waals surface area contributed by atoms with E-state index in [4.69, 9.17) is 4.74 Å². The summed E-state index contributed by atoms with van der Waals surface area (Å²) in [6.45, 7) is 8.45. The molecule has 1 saturated heterocycles. The third-order valence-electron chi connectivity index (χ3n) is 3.54. The molecule has 0 aliphatic carbocycles. The minimum Gasteiger partial charge on any atom is -0.388 e. The van der Waals surface area contributed by atoms with Gasteiger partial charge in [-0.05, 0) is 26.2 Å². The van der Waals surface area contributed by atoms with Gasteiger partial charge in [-0.1, -0.05) is 13.8 Å². The van der Waals surface area contributed by atoms with Crippen molar-refractivity contribution in [3.63, 3.8) is 0 Å². The minimum absolute atomic E-state index is 0.0614. The zero-order valence-corrected chi connectivity index (χ0v) is 11.1. The Labute approximate surface area is 103 Å². The number of hydrogen-bond donors (Lipinski definition) is 3. The molecule has 1 heterocycles. The molecule has 3 N–H and O–H groups in total. The molecule has 3 unspecified atom stereocenters. The van der Waals surface area contributed by atoms with Gasteiger partial charge in [-0.3, -0.25) is 0 Å². The Hall–Kier alpha value is -0.810. The predicted molar refractivity (Wildman–Crippen MR) is 65.8 cm³/mol. The molecule has 1 fully saturated rings. The summed E-state index contributed by atoms with van der Waals surface area (Å²) in [6, 6.07) is -0.174. The molecule has 2 amide bonds. The third kappa shape index (κ3) is 4.16. The number of amides is 2. The molecular formula is C12H24N2O3. The molecule has 0 aromatic carbocycles. The van der Waals surface area contributed by atoms with Crippen molar-refractivity contribution in [3.8, 4) is 0 Å². The Morgan fingerprint density at radius 1 is 1.59 bits per heavy atom. The lowest BCUT2D eigenvalue weighted by Gasteiger charge is -2.28. The average molecular weight is 244 g/mol. The lowest BCUT2D eigenvalue weighted by atomic mass is 9.93. The first-order chi connectivity index (χ1) is 7.83. The largest absolute Gasteiger partial charge is 0.388 e. The summed E-state index contributed by atoms with van der Waals surface area (Å²) >= 11 is 0. The summed E-state index contributed by atoms with van der Waals surface area (Å²) in [5.41, 5.74) is -0.880. The number of ether oxygens (including phenoxy) is 1. The van der Waals surface area contributed by atoms with Gasteiger partial charge in [-0.25, -0.2) is 4.79 Å². The van der Waals surface area contributed by atoms with E-state index >= 15 is 0 Å². The van der Waals surface area contributed by atoms with Gasteiger partial charge in [0.25, 0.3) is 0 Å². The van der Waals surface area contributed by atoms with E-state index in [2.05, 4.69) is 10.6 Å². The monoisotopic (exact) mass is 244 g/mol. The SMILES string of the molecule is CC1OCCC1NC(=O)NCC(C)(O)C(C)C. The van der Waals surface area contributed by atoms with Gasteiger partial charge in [0.05, 0.1) is 17.7 Å². The number of carbonyl (C=O) groups excluding carboxylic acids is 1. The van der Waals surface area contributed by atoms with E-state index in [-0.39, 0.29) is 30.6 Å². The number of aliphatic hydroxyl groups is 1. The molecular weight excluding hydrogens is 220 g/mol. The molecule has 1 aliphatic heterocycles. The van der Waals surface area contributed by atoms with Gasteiger partial charge in [0.1, 0.15) is 0 Å². The van der Waals surface area contributed by atoms with Crippen molar-refractivity contribution >= 4 is 6.03 Å². The molecule has 1 aliphatic rings. The molecule has 5 heteroatoms. The van der Waals surface area contributed by atoms with Crippen LogP contribution in [0.25, 0.3) is 0 Å². The number of hydrogen-bond acceptors (Lipinski definition) is 3. The van der Waals surface area contributed by atoms with Gasteiger partial charge in [-0.15, -0.1) is 0 Å². The third-order valence-corrected chi connectivity index (χ3v) is 3.54. The maximum atomic E-state index is 11.6. The van der Waals surface area contributed by atoms with Crippen LogP contribution in [0.2, 0.25) is 0 Å². The second-order valence-electron chi connectivity index (χ2n) is 5.31. The van der Waals surface area contributed by atoms with Crippen molar-refractivity contribution in [2.45, 2.75) is 51.9 Å². The number of rotatable bonds is 4. The molecule has 0 spiro atoms. The van der Waals surface area contributed by atoms with E-state index in [0.29, 0.717) is 6.61 Å². The minimum atomic E-state index is -0.880. The second kappa shape index (κ2) is 5.69. The van der Waals surface area contributed by atoms with Gasteiger partial charge < -0.3 is 20.5 Å². The molecule has 3 atom stereocenters. The molecule has 0 radical (unpaired) electrons. The standard InChI is InChI=1S/C12H24N2O3/c1-8(2)12(4,16)7-13-11(15)14-10-5-6-17-9(10)3/h8-10,16H,5-7H2,1-4H3,(H2,13,14,15). The van der Waals surface area contributed by atoms with Crippen LogP contribution >= 0.6 is 0 Å². The topological polar surface area (TPSA) is 70.6 Å². The fourth-order valence-electron chi connectivity index (χ4n) is 1.60. The zero-order chi connectivity index (χ0) is 13.1. The summed E-state index contributed by atoms with van der Waals surface area (Å²) < 4.78 is 5.36. The first-order valence-electron chi connectivity index (χ1n) is 6.21. The summed E-state index contributed by atoms with van der Waals surface area (Å²) in [7, 11) is 0. The normalized spacial score (nSPS) is 27.9. The molecule has 0 bridgehead atoms. The summed E-state index contributed by atoms with van der Waals surface area (Å²) in [5, 5.41) is 15.5. The van der Waals surface area contributed by atoms with Gasteiger partial charge >= 0.3 is 6.03 Å². The molecule has 0 saturated carbocycles. The summed E-state index contributed by atoms with van der Waals surface area (Å²) in [4.78, 5) is 11.6. The predicted octanol–water partition coefficient (Wildman–Crippen LogP) is 0.870. The van der Waals surface area contributed by atoms with Crippen molar-refractivity contribution in [1.82, 2.24) is 10.6 Å². The smallest absolute Gasteiger partial charge is 0.315 e. The molecule has 17 heavy (non-hydrogen) atoms. The summed E-state index contributed by atoms with van der Waals surface area (Å²) in [6.07, 6.45) is 0.904. The second-order valence-corrected chi connectivity index (χ2v) is 5.31. The average Bonchev–Trinajstić information content (AvgIpc) is 2.61. The molecule has 0 aromatic rings. The Morgan fingerprint density at radius 3 is 2.71 bits per heavy atom. The highest BCUT2D eigenvalue weighted by Crippen LogP contribution is 2.15. The van der Waals surface area contributed by atoms with Crippen LogP contribution in [-0.2, 0) is 4.74 Å². The Bertz CT molecular complexity index is 266. The Balaban J connectivity index is 2.30. The fraction of sp³-hybridized carbons (Fsp3) is 0.917. The molecule has 1 rings (SSSR count). The highest BCUT2D eigenvalue weighted by atomic mass is 16.5. The maximum absolute atomic E-state index is 11.6. The zero-order valence-electron chi connectivity index (χ0n) is 11.1. The van der Waals surface area contributed by atoms with E-state index in [9.17, 15) is 9.90 Å². The van der Waals surface area contributed by atoms with Crippen molar-refractivity contribution in [3.05, 3.63) is 0 Å². The van der Waals surface area contributed by atoms with Crippen LogP contribution in [0.5, 0.6) is 0 Å². The van der Waals surface area contributed by atoms with Crippen LogP contribution in [0.4, 0.5) is 4.79 Å². The van der Waals surface area contributed by atoms with Crippen molar-refractivity contribution in [2.75, 3.05) is 13.2 Å². The quantitative estimate of drug-likeness (QED) is 0.687. The highest BCUT2D eigenvalue weighted by Gasteiger charge is 2.28. The van der Waals surface area contributed by atoms with Crippen LogP contribution in [0.3, 0.4) is 0 Å². The molecule has 5 nitrogen and oxygen atoms in total. The Morgan fingerprint density at radius 2 is 2.24 bits per heavy atom. The van der Waals surface area contributed by atoms with Gasteiger partial charge in [0.2, 0.25) is 0 Å². The van der Waals surface area contributed by atoms with E-state index < -0.39 is 5.60 Å². The maximum Gasteiger partial charge on any atom is 0.315 e. The van der Waals surface area contributed by atoms with Crippen molar-refractivity contribution < 1.29 is 14.6 Å². The highest BCUT2D eigenvalue weighted by molar-refractivity contribution is 5.74. The van der Waals surface area contributed by atoms with E-state index in [1.54, 1.807) is 6.92 Å². The van der Waals surface area contributed by atoms with Gasteiger partial charge in [0.15, 0.2) is 0 Å². The van der Waals surface area contributed by atoms with Gasteiger partial charge in [0, 0.05) is 13.2 Å². The molecule has 100 valence electrons. The van der Waals surface area contributed by atoms with E-state index in [0.717, 1.165) is 6.42 Å². The van der Waals surface area contributed by atoms with Crippen LogP contribution < -0.4 is 10.6 Å². The first-order valence-corrected chi connectivity index (χ1v) is 6.21.